The molecular weight excluding hydrogens is 504 g/mol. The third-order valence-electron chi connectivity index (χ3n) is 6.11. The van der Waals surface area contributed by atoms with Gasteiger partial charge in [0.2, 0.25) is 5.13 Å². The largest absolute Gasteiger partial charge is 0.467 e. The molecule has 0 spiro atoms. The number of rotatable bonds is 13. The standard InChI is InChI=1S/C28H36N4O3S2/c1-6-7-15-32(28-31-30-20(3)37-28)18-21-12-13-23(24(17-21)22-11-9-8-10-19(22)2)26(33)29-25(14-16-36-5)27(34)35-4/h8-13,17,25H,6-7,14-16,18H2,1-5H3,(H,29,33)/t25-/m0/s1. The molecule has 1 atom stereocenters. The van der Waals surface area contributed by atoms with Crippen LogP contribution in [0.15, 0.2) is 42.5 Å². The molecule has 0 aliphatic carbocycles. The molecule has 3 aromatic rings. The first kappa shape index (κ1) is 28.7. The third kappa shape index (κ3) is 7.79. The Hall–Kier alpha value is -2.91. The maximum atomic E-state index is 13.5. The van der Waals surface area contributed by atoms with E-state index in [1.165, 1.54) is 7.11 Å². The summed E-state index contributed by atoms with van der Waals surface area (Å²) in [6.45, 7) is 7.71. The lowest BCUT2D eigenvalue weighted by Gasteiger charge is -2.23. The molecule has 0 saturated heterocycles. The predicted octanol–water partition coefficient (Wildman–Crippen LogP) is 5.65. The molecule has 0 aliphatic heterocycles. The molecule has 1 N–H and O–H groups in total. The van der Waals surface area contributed by atoms with Gasteiger partial charge in [0.25, 0.3) is 5.91 Å². The van der Waals surface area contributed by atoms with Crippen LogP contribution in [-0.2, 0) is 16.1 Å². The topological polar surface area (TPSA) is 84.4 Å². The number of unbranched alkanes of at least 4 members (excludes halogenated alkanes) is 1. The monoisotopic (exact) mass is 540 g/mol. The van der Waals surface area contributed by atoms with E-state index < -0.39 is 12.0 Å². The fourth-order valence-electron chi connectivity index (χ4n) is 4.07. The number of amides is 1. The number of thioether (sulfide) groups is 1. The molecule has 9 heteroatoms. The molecule has 7 nitrogen and oxygen atoms in total. The van der Waals surface area contributed by atoms with Gasteiger partial charge in [0.1, 0.15) is 11.0 Å². The van der Waals surface area contributed by atoms with Crippen molar-refractivity contribution in [3.63, 3.8) is 0 Å². The van der Waals surface area contributed by atoms with E-state index in [0.29, 0.717) is 18.5 Å². The van der Waals surface area contributed by atoms with E-state index in [2.05, 4.69) is 33.4 Å². The normalized spacial score (nSPS) is 11.7. The van der Waals surface area contributed by atoms with Crippen LogP contribution in [0.25, 0.3) is 11.1 Å². The number of anilines is 1. The Morgan fingerprint density at radius 1 is 1.14 bits per heavy atom. The van der Waals surface area contributed by atoms with Crippen molar-refractivity contribution in [1.29, 1.82) is 0 Å². The summed E-state index contributed by atoms with van der Waals surface area (Å²) in [4.78, 5) is 28.1. The summed E-state index contributed by atoms with van der Waals surface area (Å²) in [7, 11) is 1.35. The summed E-state index contributed by atoms with van der Waals surface area (Å²) in [6, 6.07) is 13.3. The number of esters is 1. The minimum atomic E-state index is -0.695. The van der Waals surface area contributed by atoms with E-state index in [-0.39, 0.29) is 5.91 Å². The lowest BCUT2D eigenvalue weighted by molar-refractivity contribution is -0.142. The maximum absolute atomic E-state index is 13.5. The number of carbonyl (C=O) groups excluding carboxylic acids is 2. The van der Waals surface area contributed by atoms with Crippen molar-refractivity contribution in [2.75, 3.05) is 30.6 Å². The van der Waals surface area contributed by atoms with Crippen LogP contribution in [0.2, 0.25) is 0 Å². The van der Waals surface area contributed by atoms with Crippen LogP contribution in [0, 0.1) is 13.8 Å². The van der Waals surface area contributed by atoms with Crippen molar-refractivity contribution in [2.45, 2.75) is 52.6 Å². The number of benzene rings is 2. The number of aromatic nitrogens is 2. The third-order valence-corrected chi connectivity index (χ3v) is 7.65. The Kier molecular flexibility index (Phi) is 11.0. The Balaban J connectivity index is 1.98. The van der Waals surface area contributed by atoms with Gasteiger partial charge in [0.05, 0.1) is 7.11 Å². The Bertz CT molecular complexity index is 1200. The Labute approximate surface area is 228 Å². The average Bonchev–Trinajstić information content (AvgIpc) is 3.34. The van der Waals surface area contributed by atoms with Crippen LogP contribution < -0.4 is 10.2 Å². The van der Waals surface area contributed by atoms with E-state index in [0.717, 1.165) is 57.5 Å². The van der Waals surface area contributed by atoms with Gasteiger partial charge < -0.3 is 15.0 Å². The molecule has 0 aliphatic rings. The van der Waals surface area contributed by atoms with Crippen LogP contribution in [-0.4, -0.2) is 53.8 Å². The zero-order chi connectivity index (χ0) is 26.8. The van der Waals surface area contributed by atoms with Crippen LogP contribution in [0.5, 0.6) is 0 Å². The van der Waals surface area contributed by atoms with Crippen LogP contribution in [0.1, 0.15) is 52.7 Å². The number of aryl methyl sites for hydroxylation is 2. The number of carbonyl (C=O) groups is 2. The SMILES string of the molecule is CCCCN(Cc1ccc(C(=O)N[C@@H](CCSC)C(=O)OC)c(-c2ccccc2C)c1)c1nnc(C)s1. The molecule has 0 unspecified atom stereocenters. The van der Waals surface area contributed by atoms with Gasteiger partial charge in [-0.2, -0.15) is 11.8 Å². The second kappa shape index (κ2) is 14.1. The van der Waals surface area contributed by atoms with Crippen LogP contribution >= 0.6 is 23.1 Å². The molecule has 2 aromatic carbocycles. The van der Waals surface area contributed by atoms with Gasteiger partial charge in [-0.1, -0.05) is 55.0 Å². The molecule has 1 aromatic heterocycles. The van der Waals surface area contributed by atoms with Gasteiger partial charge in [0.15, 0.2) is 0 Å². The van der Waals surface area contributed by atoms with Crippen LogP contribution in [0.3, 0.4) is 0 Å². The number of nitrogens with one attached hydrogen (secondary N) is 1. The summed E-state index contributed by atoms with van der Waals surface area (Å²) < 4.78 is 4.94. The van der Waals surface area contributed by atoms with Crippen molar-refractivity contribution < 1.29 is 14.3 Å². The number of hydrogen-bond acceptors (Lipinski definition) is 8. The lowest BCUT2D eigenvalue weighted by Crippen LogP contribution is -2.42. The molecule has 37 heavy (non-hydrogen) atoms. The second-order valence-electron chi connectivity index (χ2n) is 8.90. The summed E-state index contributed by atoms with van der Waals surface area (Å²) in [6.07, 6.45) is 4.61. The maximum Gasteiger partial charge on any atom is 0.328 e. The van der Waals surface area contributed by atoms with Crippen molar-refractivity contribution in [1.82, 2.24) is 15.5 Å². The number of methoxy groups -OCH3 is 1. The first-order chi connectivity index (χ1) is 17.9. The average molecular weight is 541 g/mol. The summed E-state index contributed by atoms with van der Waals surface area (Å²) in [5.41, 5.74) is 4.50. The summed E-state index contributed by atoms with van der Waals surface area (Å²) in [5.74, 6) is 0.0155. The smallest absolute Gasteiger partial charge is 0.328 e. The van der Waals surface area contributed by atoms with Gasteiger partial charge >= 0.3 is 5.97 Å². The van der Waals surface area contributed by atoms with E-state index in [4.69, 9.17) is 4.74 Å². The summed E-state index contributed by atoms with van der Waals surface area (Å²) in [5, 5.41) is 13.3. The van der Waals surface area contributed by atoms with Gasteiger partial charge in [-0.15, -0.1) is 10.2 Å². The molecule has 198 valence electrons. The molecule has 0 fully saturated rings. The fourth-order valence-corrected chi connectivity index (χ4v) is 5.26. The van der Waals surface area contributed by atoms with E-state index in [1.807, 2.05) is 56.5 Å². The lowest BCUT2D eigenvalue weighted by atomic mass is 9.93. The zero-order valence-corrected chi connectivity index (χ0v) is 23.9. The molecule has 0 bridgehead atoms. The Morgan fingerprint density at radius 3 is 2.57 bits per heavy atom. The highest BCUT2D eigenvalue weighted by Gasteiger charge is 2.24. The first-order valence-corrected chi connectivity index (χ1v) is 14.7. The number of nitrogens with zero attached hydrogens (tertiary/aromatic N) is 3. The fraction of sp³-hybridized carbons (Fsp3) is 0.429. The zero-order valence-electron chi connectivity index (χ0n) is 22.2. The minimum absolute atomic E-state index is 0.288. The number of hydrogen-bond donors (Lipinski definition) is 1. The highest BCUT2D eigenvalue weighted by Crippen LogP contribution is 2.30. The van der Waals surface area contributed by atoms with Gasteiger partial charge in [-0.05, 0) is 73.1 Å². The van der Waals surface area contributed by atoms with Crippen molar-refractivity contribution >= 4 is 40.1 Å². The van der Waals surface area contributed by atoms with Crippen molar-refractivity contribution in [3.05, 3.63) is 64.2 Å². The molecule has 1 heterocycles. The molecular formula is C28H36N4O3S2. The highest BCUT2D eigenvalue weighted by molar-refractivity contribution is 7.98. The van der Waals surface area contributed by atoms with E-state index >= 15 is 0 Å². The minimum Gasteiger partial charge on any atom is -0.467 e. The van der Waals surface area contributed by atoms with Gasteiger partial charge in [0, 0.05) is 18.7 Å². The predicted molar refractivity (Wildman–Crippen MR) is 153 cm³/mol. The Morgan fingerprint density at radius 2 is 1.92 bits per heavy atom. The van der Waals surface area contributed by atoms with Crippen LogP contribution in [0.4, 0.5) is 5.13 Å². The second-order valence-corrected chi connectivity index (χ2v) is 11.0. The van der Waals surface area contributed by atoms with E-state index in [9.17, 15) is 9.59 Å². The van der Waals surface area contributed by atoms with Crippen molar-refractivity contribution in [2.24, 2.45) is 0 Å². The molecule has 3 rings (SSSR count). The van der Waals surface area contributed by atoms with Gasteiger partial charge in [-0.25, -0.2) is 4.79 Å². The molecule has 1 amide bonds. The summed E-state index contributed by atoms with van der Waals surface area (Å²) >= 11 is 3.21. The molecule has 0 saturated carbocycles. The first-order valence-electron chi connectivity index (χ1n) is 12.5. The quantitative estimate of drug-likeness (QED) is 0.280. The van der Waals surface area contributed by atoms with Gasteiger partial charge in [-0.3, -0.25) is 4.79 Å². The van der Waals surface area contributed by atoms with E-state index in [1.54, 1.807) is 23.1 Å². The van der Waals surface area contributed by atoms with Crippen molar-refractivity contribution in [3.8, 4) is 11.1 Å². The molecule has 0 radical (unpaired) electrons. The highest BCUT2D eigenvalue weighted by atomic mass is 32.2. The number of ether oxygens (including phenoxy) is 1.